The average Bonchev–Trinajstić information content (AvgIpc) is 2.68. The van der Waals surface area contributed by atoms with Gasteiger partial charge in [-0.1, -0.05) is 90.9 Å². The lowest BCUT2D eigenvalue weighted by Gasteiger charge is -2.17. The fraction of sp³-hybridized carbons (Fsp3) is 0.864. The molecule has 0 amide bonds. The van der Waals surface area contributed by atoms with Crippen molar-refractivity contribution in [3.8, 4) is 0 Å². The van der Waals surface area contributed by atoms with E-state index in [0.717, 1.165) is 64.2 Å². The molecule has 0 aromatic heterocycles. The van der Waals surface area contributed by atoms with Crippen molar-refractivity contribution >= 4 is 28.0 Å². The zero-order valence-corrected chi connectivity index (χ0v) is 19.8. The molecule has 0 spiro atoms. The molecule has 1 unspecified atom stereocenters. The van der Waals surface area contributed by atoms with Crippen molar-refractivity contribution in [1.29, 1.82) is 0 Å². The molecule has 0 heterocycles. The molecule has 2 N–H and O–H groups in total. The highest BCUT2D eigenvalue weighted by Crippen LogP contribution is 2.21. The maximum atomic E-state index is 12.5. The van der Waals surface area contributed by atoms with Crippen LogP contribution in [0.5, 0.6) is 0 Å². The summed E-state index contributed by atoms with van der Waals surface area (Å²) in [5.41, 5.74) is 0. The first kappa shape index (κ1) is 29.5. The summed E-state index contributed by atoms with van der Waals surface area (Å²) in [6.07, 6.45) is 12.4. The van der Waals surface area contributed by atoms with Crippen LogP contribution in [-0.4, -0.2) is 41.2 Å². The van der Waals surface area contributed by atoms with Crippen LogP contribution in [0.25, 0.3) is 0 Å². The van der Waals surface area contributed by atoms with Gasteiger partial charge in [-0.05, 0) is 12.8 Å². The molecule has 0 bridgehead atoms. The minimum absolute atomic E-state index is 0.530. The Morgan fingerprint density at radius 1 is 0.742 bits per heavy atom. The summed E-state index contributed by atoms with van der Waals surface area (Å²) in [6, 6.07) is 0. The highest BCUT2D eigenvalue weighted by molar-refractivity contribution is 7.87. The SMILES string of the molecule is CCCCCCCCC(CCCCCCCC)C(=O)OC(=O)C(CC(=O)O)S(=O)(=O)O. The Labute approximate surface area is 186 Å². The number of ether oxygens (including phenoxy) is 1. The standard InChI is InChI=1S/C22H40O8S/c1-3-5-7-9-11-13-15-18(16-14-12-10-8-6-4-2)21(25)30-22(26)19(17-20(23)24)31(27,28)29/h18-19H,3-17H2,1-2H3,(H,23,24)(H,27,28,29). The number of rotatable bonds is 19. The molecule has 1 atom stereocenters. The van der Waals surface area contributed by atoms with E-state index in [1.54, 1.807) is 0 Å². The molecule has 0 aliphatic heterocycles. The quantitative estimate of drug-likeness (QED) is 0.119. The van der Waals surface area contributed by atoms with Crippen molar-refractivity contribution in [2.75, 3.05) is 0 Å². The van der Waals surface area contributed by atoms with E-state index in [0.29, 0.717) is 12.8 Å². The van der Waals surface area contributed by atoms with Gasteiger partial charge in [-0.15, -0.1) is 0 Å². The lowest BCUT2D eigenvalue weighted by Crippen LogP contribution is -2.36. The van der Waals surface area contributed by atoms with Gasteiger partial charge in [-0.25, -0.2) is 0 Å². The molecule has 0 aliphatic carbocycles. The Balaban J connectivity index is 4.85. The summed E-state index contributed by atoms with van der Waals surface area (Å²) in [6.45, 7) is 4.27. The van der Waals surface area contributed by atoms with Gasteiger partial charge in [-0.3, -0.25) is 18.9 Å². The topological polar surface area (TPSA) is 135 Å². The second kappa shape index (κ2) is 17.1. The van der Waals surface area contributed by atoms with E-state index in [1.807, 2.05) is 0 Å². The molecule has 182 valence electrons. The van der Waals surface area contributed by atoms with Gasteiger partial charge in [0.1, 0.15) is 0 Å². The summed E-state index contributed by atoms with van der Waals surface area (Å²) >= 11 is 0. The van der Waals surface area contributed by atoms with Gasteiger partial charge in [0.25, 0.3) is 10.1 Å². The number of hydrogen-bond donors (Lipinski definition) is 2. The average molecular weight is 465 g/mol. The first-order valence-electron chi connectivity index (χ1n) is 11.6. The number of carboxylic acids is 1. The predicted molar refractivity (Wildman–Crippen MR) is 118 cm³/mol. The third kappa shape index (κ3) is 15.0. The van der Waals surface area contributed by atoms with E-state index in [1.165, 1.54) is 12.8 Å². The summed E-state index contributed by atoms with van der Waals surface area (Å²) in [4.78, 5) is 35.4. The monoisotopic (exact) mass is 464 g/mol. The molecule has 0 fully saturated rings. The second-order valence-corrected chi connectivity index (χ2v) is 9.75. The Morgan fingerprint density at radius 2 is 1.16 bits per heavy atom. The molecule has 8 nitrogen and oxygen atoms in total. The molecule has 0 aromatic rings. The van der Waals surface area contributed by atoms with Gasteiger partial charge in [0.2, 0.25) is 0 Å². The van der Waals surface area contributed by atoms with Crippen LogP contribution in [0.1, 0.15) is 110 Å². The van der Waals surface area contributed by atoms with Crippen LogP contribution in [0.2, 0.25) is 0 Å². The minimum Gasteiger partial charge on any atom is -0.481 e. The number of carbonyl (C=O) groups excluding carboxylic acids is 2. The molecule has 0 rings (SSSR count). The lowest BCUT2D eigenvalue weighted by atomic mass is 9.94. The number of hydrogen-bond acceptors (Lipinski definition) is 6. The van der Waals surface area contributed by atoms with Crippen LogP contribution in [0.3, 0.4) is 0 Å². The summed E-state index contributed by atoms with van der Waals surface area (Å²) < 4.78 is 36.5. The number of esters is 2. The van der Waals surface area contributed by atoms with Crippen molar-refractivity contribution in [2.24, 2.45) is 5.92 Å². The fourth-order valence-corrected chi connectivity index (χ4v) is 4.08. The molecule has 0 aliphatic rings. The Morgan fingerprint density at radius 3 is 1.55 bits per heavy atom. The zero-order valence-electron chi connectivity index (χ0n) is 19.0. The first-order chi connectivity index (χ1) is 14.6. The van der Waals surface area contributed by atoms with Crippen molar-refractivity contribution in [2.45, 2.75) is 115 Å². The van der Waals surface area contributed by atoms with Crippen LogP contribution in [0, 0.1) is 5.92 Å². The molecular formula is C22H40O8S. The highest BCUT2D eigenvalue weighted by atomic mass is 32.2. The van der Waals surface area contributed by atoms with E-state index >= 15 is 0 Å². The first-order valence-corrected chi connectivity index (χ1v) is 13.1. The molecule has 9 heteroatoms. The predicted octanol–water partition coefficient (Wildman–Crippen LogP) is 4.90. The Kier molecular flexibility index (Phi) is 16.3. The van der Waals surface area contributed by atoms with Crippen molar-refractivity contribution in [3.05, 3.63) is 0 Å². The minimum atomic E-state index is -5.00. The van der Waals surface area contributed by atoms with Gasteiger partial charge in [0.05, 0.1) is 12.3 Å². The third-order valence-corrected chi connectivity index (χ3v) is 6.41. The Bertz CT molecular complexity index is 613. The lowest BCUT2D eigenvalue weighted by molar-refractivity contribution is -0.163. The fourth-order valence-electron chi connectivity index (χ4n) is 3.44. The second-order valence-electron chi connectivity index (χ2n) is 8.15. The third-order valence-electron chi connectivity index (χ3n) is 5.33. The van der Waals surface area contributed by atoms with Crippen molar-refractivity contribution in [1.82, 2.24) is 0 Å². The summed E-state index contributed by atoms with van der Waals surface area (Å²) in [7, 11) is -5.00. The van der Waals surface area contributed by atoms with Crippen LogP contribution in [0.4, 0.5) is 0 Å². The summed E-state index contributed by atoms with van der Waals surface area (Å²) in [5, 5.41) is 6.47. The van der Waals surface area contributed by atoms with Crippen LogP contribution < -0.4 is 0 Å². The van der Waals surface area contributed by atoms with Gasteiger partial charge >= 0.3 is 17.9 Å². The van der Waals surface area contributed by atoms with Gasteiger partial charge in [-0.2, -0.15) is 8.42 Å². The maximum absolute atomic E-state index is 12.5. The van der Waals surface area contributed by atoms with Gasteiger partial charge in [0, 0.05) is 0 Å². The largest absolute Gasteiger partial charge is 0.481 e. The molecular weight excluding hydrogens is 424 g/mol. The normalized spacial score (nSPS) is 12.6. The molecule has 31 heavy (non-hydrogen) atoms. The molecule has 0 saturated heterocycles. The number of aliphatic carboxylic acids is 1. The van der Waals surface area contributed by atoms with Crippen molar-refractivity contribution < 1.29 is 37.2 Å². The molecule has 0 aromatic carbocycles. The van der Waals surface area contributed by atoms with E-state index in [-0.39, 0.29) is 0 Å². The van der Waals surface area contributed by atoms with Crippen molar-refractivity contribution in [3.63, 3.8) is 0 Å². The Hall–Kier alpha value is -1.48. The number of unbranched alkanes of at least 4 members (excludes halogenated alkanes) is 10. The highest BCUT2D eigenvalue weighted by Gasteiger charge is 2.37. The molecule has 0 saturated carbocycles. The number of carbonyl (C=O) groups is 3. The van der Waals surface area contributed by atoms with E-state index < -0.39 is 45.6 Å². The van der Waals surface area contributed by atoms with E-state index in [4.69, 9.17) is 14.4 Å². The van der Waals surface area contributed by atoms with E-state index in [9.17, 15) is 22.8 Å². The van der Waals surface area contributed by atoms with Crippen LogP contribution >= 0.6 is 0 Å². The van der Waals surface area contributed by atoms with Gasteiger partial charge < -0.3 is 9.84 Å². The maximum Gasteiger partial charge on any atom is 0.335 e. The zero-order chi connectivity index (χ0) is 23.7. The molecule has 0 radical (unpaired) electrons. The smallest absolute Gasteiger partial charge is 0.335 e. The number of carboxylic acid groups (broad SMARTS) is 1. The summed E-state index contributed by atoms with van der Waals surface area (Å²) in [5.74, 6) is -4.52. The van der Waals surface area contributed by atoms with Crippen LogP contribution in [0.15, 0.2) is 0 Å². The van der Waals surface area contributed by atoms with Crippen LogP contribution in [-0.2, 0) is 29.2 Å². The van der Waals surface area contributed by atoms with E-state index in [2.05, 4.69) is 13.8 Å². The van der Waals surface area contributed by atoms with Gasteiger partial charge in [0.15, 0.2) is 5.25 Å².